The van der Waals surface area contributed by atoms with E-state index in [1.807, 2.05) is 0 Å². The molecule has 0 spiro atoms. The molecule has 2 nitrogen and oxygen atoms in total. The molecule has 0 atom stereocenters. The monoisotopic (exact) mass is 548 g/mol. The summed E-state index contributed by atoms with van der Waals surface area (Å²) in [6.07, 6.45) is 11.5. The maximum Gasteiger partial charge on any atom is 0.211 e. The third kappa shape index (κ3) is 8.32. The van der Waals surface area contributed by atoms with Crippen LogP contribution in [0.1, 0.15) is 121 Å². The van der Waals surface area contributed by atoms with Crippen LogP contribution < -0.4 is 0 Å². The van der Waals surface area contributed by atoms with Crippen molar-refractivity contribution < 1.29 is 21.2 Å². The molecular weight excluding hydrogens is 507 g/mol. The number of hydrogen-bond donors (Lipinski definition) is 0. The molecule has 2 aromatic carbocycles. The van der Waals surface area contributed by atoms with Gasteiger partial charge in [0.05, 0.1) is 0 Å². The van der Waals surface area contributed by atoms with Gasteiger partial charge in [-0.25, -0.2) is 4.70 Å². The first-order chi connectivity index (χ1) is 18.1. The minimum atomic E-state index is 0. The number of rotatable bonds is 11. The van der Waals surface area contributed by atoms with Crippen LogP contribution in [0.2, 0.25) is 0 Å². The summed E-state index contributed by atoms with van der Waals surface area (Å²) in [5.74, 6) is 13.2. The molecule has 0 fully saturated rings. The number of unbranched alkanes of at least 4 members (excludes halogenated alkanes) is 5. The quantitative estimate of drug-likeness (QED) is 0.115. The van der Waals surface area contributed by atoms with E-state index in [9.17, 15) is 5.53 Å². The Bertz CT molecular complexity index is 1270. The van der Waals surface area contributed by atoms with E-state index in [2.05, 4.69) is 99.9 Å². The Hall–Kier alpha value is -2.87. The molecule has 0 N–H and O–H groups in total. The van der Waals surface area contributed by atoms with Crippen LogP contribution in [0.5, 0.6) is 0 Å². The summed E-state index contributed by atoms with van der Waals surface area (Å²) in [6, 6.07) is 16.7. The predicted molar refractivity (Wildman–Crippen MR) is 158 cm³/mol. The van der Waals surface area contributed by atoms with Gasteiger partial charge in [0.25, 0.3) is 0 Å². The second-order valence-corrected chi connectivity index (χ2v) is 9.79. The fourth-order valence-corrected chi connectivity index (χ4v) is 4.76. The van der Waals surface area contributed by atoms with Crippen molar-refractivity contribution in [1.29, 1.82) is 0 Å². The molecule has 0 amide bonds. The van der Waals surface area contributed by atoms with Gasteiger partial charge in [-0.15, -0.1) is 0 Å². The van der Waals surface area contributed by atoms with Gasteiger partial charge in [0.1, 0.15) is 0 Å². The average molecular weight is 549 g/mol. The SMILES string of the molecule is CCCC#Cc1cccc(C2=C(CCCC)C(CCCCC)=C(c3cccc(C#CCCC)c3)[N+]2=[N-])c1.[Ni]. The third-order valence-electron chi connectivity index (χ3n) is 6.66. The Labute approximate surface area is 241 Å². The minimum absolute atomic E-state index is 0. The van der Waals surface area contributed by atoms with Crippen molar-refractivity contribution in [2.45, 2.75) is 98.3 Å². The van der Waals surface area contributed by atoms with E-state index >= 15 is 0 Å². The number of nitrogens with zero attached hydrogens (tertiary/aromatic N) is 2. The minimum Gasteiger partial charge on any atom is -0.493 e. The molecule has 1 heterocycles. The number of allylic oxidation sites excluding steroid dienone is 2. The van der Waals surface area contributed by atoms with Crippen LogP contribution in [0.25, 0.3) is 16.9 Å². The Kier molecular flexibility index (Phi) is 13.9. The zero-order chi connectivity index (χ0) is 26.5. The molecule has 202 valence electrons. The molecule has 38 heavy (non-hydrogen) atoms. The molecule has 0 saturated carbocycles. The van der Waals surface area contributed by atoms with Gasteiger partial charge in [-0.05, 0) is 74.9 Å². The standard InChI is InChI=1S/C35H42N2.Ni/c1-5-9-13-18-28-20-16-22-30(26-28)34-32(24-12-8-4)33(25-15-11-7-3)35(37(34)36)31-23-17-21-29(27-31)19-14-10-6-2;/h16-17,20-23,26-27H,5-12,15,24-25H2,1-4H3;. The second kappa shape index (κ2) is 16.9. The predicted octanol–water partition coefficient (Wildman–Crippen LogP) is 9.93. The van der Waals surface area contributed by atoms with Crippen molar-refractivity contribution in [2.24, 2.45) is 0 Å². The van der Waals surface area contributed by atoms with Crippen molar-refractivity contribution in [3.8, 4) is 23.7 Å². The van der Waals surface area contributed by atoms with Gasteiger partial charge in [0.2, 0.25) is 11.4 Å². The van der Waals surface area contributed by atoms with E-state index in [4.69, 9.17) is 0 Å². The molecule has 2 aromatic rings. The van der Waals surface area contributed by atoms with Crippen LogP contribution in [0, 0.1) is 23.7 Å². The molecule has 0 saturated heterocycles. The van der Waals surface area contributed by atoms with Gasteiger partial charge in [0.15, 0.2) is 0 Å². The molecule has 3 heteroatoms. The number of hydrogen-bond acceptors (Lipinski definition) is 0. The zero-order valence-electron chi connectivity index (χ0n) is 23.6. The van der Waals surface area contributed by atoms with Gasteiger partial charge in [0, 0.05) is 62.7 Å². The van der Waals surface area contributed by atoms with Crippen LogP contribution in [-0.2, 0) is 16.5 Å². The molecule has 0 bridgehead atoms. The number of benzene rings is 2. The van der Waals surface area contributed by atoms with Crippen molar-refractivity contribution in [3.05, 3.63) is 87.5 Å². The molecule has 0 unspecified atom stereocenters. The summed E-state index contributed by atoms with van der Waals surface area (Å²) in [6.45, 7) is 8.77. The average Bonchev–Trinajstić information content (AvgIpc) is 3.19. The van der Waals surface area contributed by atoms with E-state index in [1.165, 1.54) is 28.7 Å². The first kappa shape index (κ1) is 31.4. The maximum atomic E-state index is 11.8. The molecule has 1 aliphatic rings. The molecule has 0 radical (unpaired) electrons. The van der Waals surface area contributed by atoms with E-state index in [0.29, 0.717) is 0 Å². The first-order valence-electron chi connectivity index (χ1n) is 14.3. The van der Waals surface area contributed by atoms with E-state index in [-0.39, 0.29) is 16.5 Å². The van der Waals surface area contributed by atoms with Crippen LogP contribution in [0.4, 0.5) is 0 Å². The Morgan fingerprint density at radius 3 is 1.55 bits per heavy atom. The molecule has 3 rings (SSSR count). The van der Waals surface area contributed by atoms with Crippen molar-refractivity contribution in [1.82, 2.24) is 0 Å². The Morgan fingerprint density at radius 1 is 0.632 bits per heavy atom. The Morgan fingerprint density at radius 2 is 1.11 bits per heavy atom. The smallest absolute Gasteiger partial charge is 0.211 e. The zero-order valence-corrected chi connectivity index (χ0v) is 24.6. The summed E-state index contributed by atoms with van der Waals surface area (Å²) in [5, 5.41) is 0. The van der Waals surface area contributed by atoms with Gasteiger partial charge >= 0.3 is 0 Å². The topological polar surface area (TPSA) is 25.3 Å². The van der Waals surface area contributed by atoms with E-state index in [0.717, 1.165) is 91.4 Å². The Balaban J connectivity index is 0.00000507. The molecule has 0 aromatic heterocycles. The fraction of sp³-hybridized carbons (Fsp3) is 0.429. The van der Waals surface area contributed by atoms with Crippen LogP contribution >= 0.6 is 0 Å². The van der Waals surface area contributed by atoms with Crippen LogP contribution in [-0.4, -0.2) is 4.70 Å². The summed E-state index contributed by atoms with van der Waals surface area (Å²) < 4.78 is 1.46. The van der Waals surface area contributed by atoms with Gasteiger partial charge in [-0.2, -0.15) is 0 Å². The summed E-state index contributed by atoms with van der Waals surface area (Å²) in [7, 11) is 0. The van der Waals surface area contributed by atoms with Crippen molar-refractivity contribution >= 4 is 11.4 Å². The van der Waals surface area contributed by atoms with Crippen molar-refractivity contribution in [3.63, 3.8) is 0 Å². The van der Waals surface area contributed by atoms with Gasteiger partial charge in [-0.1, -0.05) is 82.8 Å². The first-order valence-corrected chi connectivity index (χ1v) is 14.3. The van der Waals surface area contributed by atoms with E-state index in [1.54, 1.807) is 0 Å². The summed E-state index contributed by atoms with van der Waals surface area (Å²) >= 11 is 0. The van der Waals surface area contributed by atoms with Crippen molar-refractivity contribution in [2.75, 3.05) is 0 Å². The molecular formula is C35H42N2Ni. The van der Waals surface area contributed by atoms with Gasteiger partial charge < -0.3 is 5.53 Å². The molecule has 0 aliphatic carbocycles. The van der Waals surface area contributed by atoms with E-state index < -0.39 is 0 Å². The fourth-order valence-electron chi connectivity index (χ4n) is 4.76. The second-order valence-electron chi connectivity index (χ2n) is 9.79. The van der Waals surface area contributed by atoms with Crippen LogP contribution in [0.3, 0.4) is 0 Å². The summed E-state index contributed by atoms with van der Waals surface area (Å²) in [5.41, 5.74) is 20.2. The molecule has 1 aliphatic heterocycles. The maximum absolute atomic E-state index is 11.8. The normalized spacial score (nSPS) is 12.6. The van der Waals surface area contributed by atoms with Crippen LogP contribution in [0.15, 0.2) is 59.7 Å². The summed E-state index contributed by atoms with van der Waals surface area (Å²) in [4.78, 5) is 0. The third-order valence-corrected chi connectivity index (χ3v) is 6.66. The largest absolute Gasteiger partial charge is 0.493 e. The van der Waals surface area contributed by atoms with Gasteiger partial charge in [-0.3, -0.25) is 0 Å².